The van der Waals surface area contributed by atoms with E-state index >= 15 is 0 Å². The fourth-order valence-electron chi connectivity index (χ4n) is 2.11. The number of hydrogen-bond acceptors (Lipinski definition) is 6. The molecule has 0 atom stereocenters. The average Bonchev–Trinajstić information content (AvgIpc) is 2.86. The normalized spacial score (nSPS) is 10.8. The first kappa shape index (κ1) is 14.5. The second-order valence-corrected chi connectivity index (χ2v) is 6.20. The van der Waals surface area contributed by atoms with Crippen LogP contribution < -0.4 is 10.5 Å². The molecular weight excluding hydrogens is 298 g/mol. The molecule has 5 nitrogen and oxygen atoms in total. The minimum absolute atomic E-state index is 0.0289. The van der Waals surface area contributed by atoms with Crippen LogP contribution in [0.15, 0.2) is 30.3 Å². The largest absolute Gasteiger partial charge is 0.486 e. The highest BCUT2D eigenvalue weighted by Crippen LogP contribution is 2.27. The van der Waals surface area contributed by atoms with Crippen LogP contribution in [0.3, 0.4) is 0 Å². The quantitative estimate of drug-likeness (QED) is 0.747. The van der Waals surface area contributed by atoms with Crippen molar-refractivity contribution in [3.63, 3.8) is 0 Å². The summed E-state index contributed by atoms with van der Waals surface area (Å²) in [4.78, 5) is 22.0. The summed E-state index contributed by atoms with van der Waals surface area (Å²) < 4.78 is 5.65. The van der Waals surface area contributed by atoms with Gasteiger partial charge in [-0.25, -0.2) is 9.97 Å². The van der Waals surface area contributed by atoms with Gasteiger partial charge in [0.05, 0.1) is 5.39 Å². The van der Waals surface area contributed by atoms with E-state index in [1.165, 1.54) is 6.92 Å². The fourth-order valence-corrected chi connectivity index (χ4v) is 3.01. The van der Waals surface area contributed by atoms with Crippen molar-refractivity contribution >= 4 is 33.2 Å². The van der Waals surface area contributed by atoms with Crippen LogP contribution in [-0.4, -0.2) is 15.8 Å². The average molecular weight is 313 g/mol. The molecule has 0 unspecified atom stereocenters. The first-order valence-corrected chi connectivity index (χ1v) is 7.61. The Kier molecular flexibility index (Phi) is 3.77. The Balaban J connectivity index is 1.77. The van der Waals surface area contributed by atoms with Crippen LogP contribution in [0.2, 0.25) is 0 Å². The number of ether oxygens (including phenoxy) is 1. The lowest BCUT2D eigenvalue weighted by Crippen LogP contribution is -2.04. The number of nitrogen functional groups attached to an aromatic ring is 1. The predicted molar refractivity (Wildman–Crippen MR) is 87.3 cm³/mol. The van der Waals surface area contributed by atoms with Gasteiger partial charge in [0.15, 0.2) is 11.6 Å². The van der Waals surface area contributed by atoms with Crippen LogP contribution in [0.25, 0.3) is 10.2 Å². The molecular formula is C16H15N3O2S. The zero-order valence-corrected chi connectivity index (χ0v) is 13.1. The second-order valence-electron chi connectivity index (χ2n) is 4.97. The van der Waals surface area contributed by atoms with Gasteiger partial charge in [-0.15, -0.1) is 11.3 Å². The number of rotatable bonds is 4. The highest BCUT2D eigenvalue weighted by Gasteiger charge is 2.09. The molecule has 112 valence electrons. The maximum Gasteiger partial charge on any atom is 0.169 e. The Labute approximate surface area is 131 Å². The highest BCUT2D eigenvalue weighted by atomic mass is 32.1. The maximum atomic E-state index is 11.2. The van der Waals surface area contributed by atoms with E-state index in [1.54, 1.807) is 35.6 Å². The number of anilines is 1. The Morgan fingerprint density at radius 2 is 2.00 bits per heavy atom. The van der Waals surface area contributed by atoms with Crippen LogP contribution in [0.1, 0.15) is 28.0 Å². The van der Waals surface area contributed by atoms with Gasteiger partial charge in [0, 0.05) is 10.4 Å². The highest BCUT2D eigenvalue weighted by molar-refractivity contribution is 7.18. The van der Waals surface area contributed by atoms with E-state index in [1.807, 2.05) is 13.0 Å². The van der Waals surface area contributed by atoms with Crippen molar-refractivity contribution in [1.82, 2.24) is 9.97 Å². The predicted octanol–water partition coefficient (Wildman–Crippen LogP) is 3.36. The standard InChI is InChI=1S/C16H15N3O2S/c1-9-7-13-15(17)18-14(19-16(13)22-9)8-21-12-5-3-11(4-6-12)10(2)20/h3-7H,8H2,1-2H3,(H2,17,18,19). The molecule has 2 N–H and O–H groups in total. The van der Waals surface area contributed by atoms with Crippen LogP contribution in [-0.2, 0) is 6.61 Å². The van der Waals surface area contributed by atoms with E-state index in [-0.39, 0.29) is 12.4 Å². The number of fused-ring (bicyclic) bond motifs is 1. The summed E-state index contributed by atoms with van der Waals surface area (Å²) in [5.74, 6) is 1.71. The summed E-state index contributed by atoms with van der Waals surface area (Å²) in [5, 5.41) is 0.886. The van der Waals surface area contributed by atoms with Gasteiger partial charge in [0.25, 0.3) is 0 Å². The Morgan fingerprint density at radius 3 is 2.68 bits per heavy atom. The van der Waals surface area contributed by atoms with E-state index in [0.29, 0.717) is 23.0 Å². The number of hydrogen-bond donors (Lipinski definition) is 1. The summed E-state index contributed by atoms with van der Waals surface area (Å²) in [6, 6.07) is 8.97. The number of benzene rings is 1. The molecule has 0 spiro atoms. The number of nitrogens with two attached hydrogens (primary N) is 1. The van der Waals surface area contributed by atoms with E-state index < -0.39 is 0 Å². The SMILES string of the molecule is CC(=O)c1ccc(OCc2nc(N)c3cc(C)sc3n2)cc1. The van der Waals surface area contributed by atoms with E-state index in [0.717, 1.165) is 15.1 Å². The van der Waals surface area contributed by atoms with Crippen molar-refractivity contribution < 1.29 is 9.53 Å². The first-order chi connectivity index (χ1) is 10.5. The Morgan fingerprint density at radius 1 is 1.27 bits per heavy atom. The number of Topliss-reactive ketones (excluding diaryl/α,β-unsaturated/α-hetero) is 1. The molecule has 22 heavy (non-hydrogen) atoms. The number of ketones is 1. The first-order valence-electron chi connectivity index (χ1n) is 6.79. The van der Waals surface area contributed by atoms with Gasteiger partial charge in [-0.1, -0.05) is 0 Å². The molecule has 6 heteroatoms. The summed E-state index contributed by atoms with van der Waals surface area (Å²) in [5.41, 5.74) is 6.61. The lowest BCUT2D eigenvalue weighted by Gasteiger charge is -2.06. The van der Waals surface area contributed by atoms with E-state index in [2.05, 4.69) is 9.97 Å². The zero-order valence-electron chi connectivity index (χ0n) is 12.3. The summed E-state index contributed by atoms with van der Waals surface area (Å²) in [7, 11) is 0. The van der Waals surface area contributed by atoms with Crippen LogP contribution in [0, 0.1) is 6.92 Å². The van der Waals surface area contributed by atoms with Gasteiger partial charge in [-0.05, 0) is 44.2 Å². The summed E-state index contributed by atoms with van der Waals surface area (Å²) in [6.45, 7) is 3.78. The summed E-state index contributed by atoms with van der Waals surface area (Å²) in [6.07, 6.45) is 0. The Hall–Kier alpha value is -2.47. The third-order valence-corrected chi connectivity index (χ3v) is 4.16. The molecule has 0 fully saturated rings. The lowest BCUT2D eigenvalue weighted by molar-refractivity contribution is 0.101. The van der Waals surface area contributed by atoms with Crippen molar-refractivity contribution in [1.29, 1.82) is 0 Å². The molecule has 0 bridgehead atoms. The number of aryl methyl sites for hydroxylation is 1. The Bertz CT molecular complexity index is 840. The van der Waals surface area contributed by atoms with Crippen molar-refractivity contribution in [2.75, 3.05) is 5.73 Å². The monoisotopic (exact) mass is 313 g/mol. The minimum atomic E-state index is 0.0289. The fraction of sp³-hybridized carbons (Fsp3) is 0.188. The number of thiophene rings is 1. The number of carbonyl (C=O) groups excluding carboxylic acids is 1. The number of carbonyl (C=O) groups is 1. The van der Waals surface area contributed by atoms with Crippen molar-refractivity contribution in [2.24, 2.45) is 0 Å². The molecule has 2 aromatic heterocycles. The molecule has 0 saturated heterocycles. The van der Waals surface area contributed by atoms with Gasteiger partial charge >= 0.3 is 0 Å². The molecule has 2 heterocycles. The molecule has 3 aromatic rings. The third kappa shape index (κ3) is 2.92. The number of nitrogens with zero attached hydrogens (tertiary/aromatic N) is 2. The van der Waals surface area contributed by atoms with E-state index in [9.17, 15) is 4.79 Å². The molecule has 0 amide bonds. The van der Waals surface area contributed by atoms with Gasteiger partial charge in [-0.3, -0.25) is 4.79 Å². The molecule has 0 aliphatic rings. The molecule has 0 radical (unpaired) electrons. The maximum absolute atomic E-state index is 11.2. The smallest absolute Gasteiger partial charge is 0.169 e. The minimum Gasteiger partial charge on any atom is -0.486 e. The van der Waals surface area contributed by atoms with Crippen LogP contribution >= 0.6 is 11.3 Å². The topological polar surface area (TPSA) is 78.1 Å². The second kappa shape index (κ2) is 5.73. The van der Waals surface area contributed by atoms with Crippen molar-refractivity contribution in [3.05, 3.63) is 46.6 Å². The zero-order chi connectivity index (χ0) is 15.7. The van der Waals surface area contributed by atoms with Crippen molar-refractivity contribution in [2.45, 2.75) is 20.5 Å². The summed E-state index contributed by atoms with van der Waals surface area (Å²) >= 11 is 1.58. The van der Waals surface area contributed by atoms with Gasteiger partial charge < -0.3 is 10.5 Å². The number of aromatic nitrogens is 2. The van der Waals surface area contributed by atoms with Gasteiger partial charge in [0.1, 0.15) is 23.0 Å². The molecule has 1 aromatic carbocycles. The molecule has 0 saturated carbocycles. The van der Waals surface area contributed by atoms with Gasteiger partial charge in [0.2, 0.25) is 0 Å². The third-order valence-electron chi connectivity index (χ3n) is 3.22. The van der Waals surface area contributed by atoms with Gasteiger partial charge in [-0.2, -0.15) is 0 Å². The van der Waals surface area contributed by atoms with Crippen molar-refractivity contribution in [3.8, 4) is 5.75 Å². The molecule has 0 aliphatic heterocycles. The van der Waals surface area contributed by atoms with E-state index in [4.69, 9.17) is 10.5 Å². The lowest BCUT2D eigenvalue weighted by atomic mass is 10.1. The molecule has 0 aliphatic carbocycles. The van der Waals surface area contributed by atoms with Crippen LogP contribution in [0.5, 0.6) is 5.75 Å². The molecule has 3 rings (SSSR count). The van der Waals surface area contributed by atoms with Crippen LogP contribution in [0.4, 0.5) is 5.82 Å².